The summed E-state index contributed by atoms with van der Waals surface area (Å²) in [6.07, 6.45) is 2.16. The molecule has 1 aromatic carbocycles. The molecule has 4 rings (SSSR count). The normalized spacial score (nSPS) is 19.5. The van der Waals surface area contributed by atoms with Crippen molar-refractivity contribution in [3.63, 3.8) is 0 Å². The first-order chi connectivity index (χ1) is 12.6. The number of hydrogen-bond acceptors (Lipinski definition) is 4. The first-order valence-corrected chi connectivity index (χ1v) is 8.29. The standard InChI is InChI=1S/C19H16N4O3/c1-26-14-3-2-11-7-17(21-16(11)8-14)19(25)23-5-4-15-13(10-23)6-12(9-20)18(24)22-15/h2-3,6-8,13,21H,4-5,10H2,1H3. The molecule has 7 nitrogen and oxygen atoms in total. The molecule has 0 bridgehead atoms. The zero-order valence-corrected chi connectivity index (χ0v) is 14.2. The van der Waals surface area contributed by atoms with Crippen LogP contribution in [-0.4, -0.2) is 47.6 Å². The van der Waals surface area contributed by atoms with Crippen LogP contribution in [0.4, 0.5) is 0 Å². The van der Waals surface area contributed by atoms with E-state index in [0.717, 1.165) is 22.4 Å². The van der Waals surface area contributed by atoms with Crippen LogP contribution < -0.4 is 4.74 Å². The lowest BCUT2D eigenvalue weighted by molar-refractivity contribution is -0.114. The summed E-state index contributed by atoms with van der Waals surface area (Å²) >= 11 is 0. The lowest BCUT2D eigenvalue weighted by Crippen LogP contribution is -2.45. The number of nitrogens with zero attached hydrogens (tertiary/aromatic N) is 3. The number of ether oxygens (including phenoxy) is 1. The molecule has 130 valence electrons. The maximum atomic E-state index is 12.9. The van der Waals surface area contributed by atoms with E-state index in [0.29, 0.717) is 25.2 Å². The Kier molecular flexibility index (Phi) is 3.81. The van der Waals surface area contributed by atoms with Gasteiger partial charge in [-0.1, -0.05) is 6.08 Å². The Labute approximate surface area is 149 Å². The fraction of sp³-hybridized carbons (Fsp3) is 0.263. The highest BCUT2D eigenvalue weighted by Gasteiger charge is 2.32. The number of nitriles is 1. The number of piperidine rings is 1. The van der Waals surface area contributed by atoms with E-state index in [-0.39, 0.29) is 17.4 Å². The summed E-state index contributed by atoms with van der Waals surface area (Å²) < 4.78 is 5.21. The number of carbonyl (C=O) groups is 2. The Morgan fingerprint density at radius 2 is 2.27 bits per heavy atom. The summed E-state index contributed by atoms with van der Waals surface area (Å²) in [5, 5.41) is 9.96. The molecule has 0 radical (unpaired) electrons. The van der Waals surface area contributed by atoms with E-state index in [4.69, 9.17) is 10.00 Å². The number of fused-ring (bicyclic) bond motifs is 2. The molecule has 2 aliphatic heterocycles. The predicted octanol–water partition coefficient (Wildman–Crippen LogP) is 2.07. The molecule has 0 aliphatic carbocycles. The lowest BCUT2D eigenvalue weighted by Gasteiger charge is -2.33. The molecule has 2 aliphatic rings. The SMILES string of the molecule is COc1ccc2cc(C(=O)N3CCC4=NC(=O)C(C#N)=CC4C3)[nH]c2c1. The van der Waals surface area contributed by atoms with Gasteiger partial charge >= 0.3 is 0 Å². The monoisotopic (exact) mass is 348 g/mol. The maximum Gasteiger partial charge on any atom is 0.287 e. The van der Waals surface area contributed by atoms with Gasteiger partial charge in [0.2, 0.25) is 0 Å². The first kappa shape index (κ1) is 16.1. The van der Waals surface area contributed by atoms with Gasteiger partial charge in [0.25, 0.3) is 11.8 Å². The maximum absolute atomic E-state index is 12.9. The molecule has 1 N–H and O–H groups in total. The fourth-order valence-electron chi connectivity index (χ4n) is 3.41. The third kappa shape index (κ3) is 2.65. The topological polar surface area (TPSA) is 98.5 Å². The quantitative estimate of drug-likeness (QED) is 0.898. The summed E-state index contributed by atoms with van der Waals surface area (Å²) in [6.45, 7) is 0.907. The van der Waals surface area contributed by atoms with E-state index in [1.165, 1.54) is 0 Å². The van der Waals surface area contributed by atoms with Gasteiger partial charge in [-0.15, -0.1) is 0 Å². The minimum Gasteiger partial charge on any atom is -0.497 e. The number of carbonyl (C=O) groups excluding carboxylic acids is 2. The van der Waals surface area contributed by atoms with E-state index >= 15 is 0 Å². The zero-order chi connectivity index (χ0) is 18.3. The number of aliphatic imine (C=N–C) groups is 1. The lowest BCUT2D eigenvalue weighted by atomic mass is 9.90. The van der Waals surface area contributed by atoms with Crippen molar-refractivity contribution in [1.82, 2.24) is 9.88 Å². The van der Waals surface area contributed by atoms with Crippen LogP contribution in [0.25, 0.3) is 10.9 Å². The molecule has 7 heteroatoms. The van der Waals surface area contributed by atoms with Crippen molar-refractivity contribution in [2.24, 2.45) is 10.9 Å². The average molecular weight is 348 g/mol. The summed E-state index contributed by atoms with van der Waals surface area (Å²) in [5.41, 5.74) is 2.14. The molecule has 2 aromatic rings. The van der Waals surface area contributed by atoms with Crippen LogP contribution in [0.2, 0.25) is 0 Å². The molecule has 0 saturated carbocycles. The zero-order valence-electron chi connectivity index (χ0n) is 14.2. The fourth-order valence-corrected chi connectivity index (χ4v) is 3.41. The van der Waals surface area contributed by atoms with E-state index in [9.17, 15) is 9.59 Å². The van der Waals surface area contributed by atoms with Crippen LogP contribution in [-0.2, 0) is 4.79 Å². The van der Waals surface area contributed by atoms with Gasteiger partial charge in [0, 0.05) is 48.1 Å². The summed E-state index contributed by atoms with van der Waals surface area (Å²) in [4.78, 5) is 33.5. The van der Waals surface area contributed by atoms with Crippen molar-refractivity contribution in [2.75, 3.05) is 20.2 Å². The molecule has 1 unspecified atom stereocenters. The van der Waals surface area contributed by atoms with E-state index < -0.39 is 5.91 Å². The van der Waals surface area contributed by atoms with Crippen LogP contribution in [0.1, 0.15) is 16.9 Å². The molecule has 2 amide bonds. The molecular weight excluding hydrogens is 332 g/mol. The number of likely N-dealkylation sites (tertiary alicyclic amines) is 1. The Hall–Kier alpha value is -3.40. The Bertz CT molecular complexity index is 1030. The minimum absolute atomic E-state index is 0.0470. The Balaban J connectivity index is 1.58. The van der Waals surface area contributed by atoms with Gasteiger partial charge in [0.15, 0.2) is 0 Å². The third-order valence-corrected chi connectivity index (χ3v) is 4.79. The van der Waals surface area contributed by atoms with Crippen LogP contribution in [0.3, 0.4) is 0 Å². The average Bonchev–Trinajstić information content (AvgIpc) is 3.09. The first-order valence-electron chi connectivity index (χ1n) is 8.29. The summed E-state index contributed by atoms with van der Waals surface area (Å²) in [6, 6.07) is 9.29. The van der Waals surface area contributed by atoms with E-state index in [2.05, 4.69) is 9.98 Å². The summed E-state index contributed by atoms with van der Waals surface area (Å²) in [7, 11) is 1.60. The van der Waals surface area contributed by atoms with E-state index in [1.54, 1.807) is 18.1 Å². The second-order valence-electron chi connectivity index (χ2n) is 6.34. The third-order valence-electron chi connectivity index (χ3n) is 4.79. The van der Waals surface area contributed by atoms with Crippen LogP contribution in [0.15, 0.2) is 40.9 Å². The number of rotatable bonds is 2. The number of aromatic nitrogens is 1. The number of hydrogen-bond donors (Lipinski definition) is 1. The molecule has 1 fully saturated rings. The van der Waals surface area contributed by atoms with Crippen molar-refractivity contribution < 1.29 is 14.3 Å². The van der Waals surface area contributed by atoms with Crippen molar-refractivity contribution in [3.8, 4) is 11.8 Å². The Morgan fingerprint density at radius 3 is 3.04 bits per heavy atom. The number of benzene rings is 1. The number of aromatic amines is 1. The van der Waals surface area contributed by atoms with Crippen LogP contribution >= 0.6 is 0 Å². The van der Waals surface area contributed by atoms with Gasteiger partial charge in [-0.3, -0.25) is 9.59 Å². The van der Waals surface area contributed by atoms with Crippen LogP contribution in [0.5, 0.6) is 5.75 Å². The molecule has 0 spiro atoms. The van der Waals surface area contributed by atoms with Crippen molar-refractivity contribution in [3.05, 3.63) is 41.6 Å². The van der Waals surface area contributed by atoms with Crippen molar-refractivity contribution in [1.29, 1.82) is 5.26 Å². The number of dihydropyridines is 1. The molecule has 1 atom stereocenters. The second-order valence-corrected chi connectivity index (χ2v) is 6.34. The Morgan fingerprint density at radius 1 is 1.42 bits per heavy atom. The smallest absolute Gasteiger partial charge is 0.287 e. The molecular formula is C19H16N4O3. The minimum atomic E-state index is -0.483. The van der Waals surface area contributed by atoms with E-state index in [1.807, 2.05) is 30.3 Å². The largest absolute Gasteiger partial charge is 0.497 e. The number of amides is 2. The second kappa shape index (κ2) is 6.15. The van der Waals surface area contributed by atoms with Gasteiger partial charge in [0.05, 0.1) is 7.11 Å². The van der Waals surface area contributed by atoms with Crippen molar-refractivity contribution in [2.45, 2.75) is 6.42 Å². The van der Waals surface area contributed by atoms with Gasteiger partial charge in [0.1, 0.15) is 23.1 Å². The van der Waals surface area contributed by atoms with Crippen molar-refractivity contribution >= 4 is 28.4 Å². The van der Waals surface area contributed by atoms with Gasteiger partial charge < -0.3 is 14.6 Å². The molecule has 26 heavy (non-hydrogen) atoms. The number of methoxy groups -OCH3 is 1. The van der Waals surface area contributed by atoms with Gasteiger partial charge in [-0.2, -0.15) is 5.26 Å². The highest BCUT2D eigenvalue weighted by molar-refractivity contribution is 6.10. The number of H-pyrrole nitrogens is 1. The predicted molar refractivity (Wildman–Crippen MR) is 95.0 cm³/mol. The highest BCUT2D eigenvalue weighted by Crippen LogP contribution is 2.25. The summed E-state index contributed by atoms with van der Waals surface area (Å²) in [5.74, 6) is -0.0474. The van der Waals surface area contributed by atoms with Gasteiger partial charge in [-0.25, -0.2) is 4.99 Å². The van der Waals surface area contributed by atoms with Gasteiger partial charge in [-0.05, 0) is 18.2 Å². The molecule has 1 saturated heterocycles. The molecule has 3 heterocycles. The number of nitrogens with one attached hydrogen (secondary N) is 1. The molecule has 1 aromatic heterocycles. The highest BCUT2D eigenvalue weighted by atomic mass is 16.5. The van der Waals surface area contributed by atoms with Crippen LogP contribution in [0, 0.1) is 17.2 Å².